The van der Waals surface area contributed by atoms with Crippen molar-refractivity contribution in [3.8, 4) is 0 Å². The number of aliphatic hydroxyl groups is 1. The number of hydrogen-bond donors (Lipinski definition) is 1. The molecule has 0 radical (unpaired) electrons. The lowest BCUT2D eigenvalue weighted by Gasteiger charge is -2.18. The van der Waals surface area contributed by atoms with Crippen molar-refractivity contribution in [2.45, 2.75) is 39.1 Å². The molecule has 0 amide bonds. The SMILES string of the molecule is CC(O)COC(C)COC(C)COCCI. The summed E-state index contributed by atoms with van der Waals surface area (Å²) in [6.07, 6.45) is -0.339. The Balaban J connectivity index is 3.39. The van der Waals surface area contributed by atoms with Crippen molar-refractivity contribution in [1.29, 1.82) is 0 Å². The first-order valence-corrected chi connectivity index (χ1v) is 7.13. The first-order valence-electron chi connectivity index (χ1n) is 5.61. The number of alkyl halides is 1. The monoisotopic (exact) mass is 346 g/mol. The number of hydrogen-bond acceptors (Lipinski definition) is 4. The van der Waals surface area contributed by atoms with Gasteiger partial charge in [-0.05, 0) is 20.8 Å². The number of aliphatic hydroxyl groups excluding tert-OH is 1. The molecular weight excluding hydrogens is 323 g/mol. The Morgan fingerprint density at radius 2 is 1.56 bits per heavy atom. The van der Waals surface area contributed by atoms with Crippen molar-refractivity contribution in [3.05, 3.63) is 0 Å². The molecule has 0 aromatic heterocycles. The van der Waals surface area contributed by atoms with Crippen LogP contribution >= 0.6 is 22.6 Å². The van der Waals surface area contributed by atoms with Gasteiger partial charge in [-0.25, -0.2) is 0 Å². The van der Waals surface area contributed by atoms with Gasteiger partial charge in [-0.3, -0.25) is 0 Å². The topological polar surface area (TPSA) is 47.9 Å². The zero-order valence-electron chi connectivity index (χ0n) is 10.3. The highest BCUT2D eigenvalue weighted by Gasteiger charge is 2.08. The van der Waals surface area contributed by atoms with E-state index in [0.29, 0.717) is 19.8 Å². The average molecular weight is 346 g/mol. The lowest BCUT2D eigenvalue weighted by Crippen LogP contribution is -2.25. The quantitative estimate of drug-likeness (QED) is 0.371. The lowest BCUT2D eigenvalue weighted by atomic mass is 10.4. The normalized spacial score (nSPS) is 17.1. The summed E-state index contributed by atoms with van der Waals surface area (Å²) in [6.45, 7) is 7.88. The third kappa shape index (κ3) is 11.1. The second-order valence-corrected chi connectivity index (χ2v) is 4.98. The van der Waals surface area contributed by atoms with Gasteiger partial charge >= 0.3 is 0 Å². The number of ether oxygens (including phenoxy) is 3. The van der Waals surface area contributed by atoms with Gasteiger partial charge in [-0.15, -0.1) is 0 Å². The lowest BCUT2D eigenvalue weighted by molar-refractivity contribution is -0.0688. The molecule has 0 spiro atoms. The molecule has 0 saturated carbocycles. The number of halogens is 1. The molecule has 4 nitrogen and oxygen atoms in total. The Morgan fingerprint density at radius 3 is 2.12 bits per heavy atom. The van der Waals surface area contributed by atoms with Crippen LogP contribution in [0.3, 0.4) is 0 Å². The van der Waals surface area contributed by atoms with Crippen LogP contribution in [-0.4, -0.2) is 54.3 Å². The van der Waals surface area contributed by atoms with Crippen LogP contribution in [0.15, 0.2) is 0 Å². The molecule has 1 N–H and O–H groups in total. The first kappa shape index (κ1) is 16.6. The van der Waals surface area contributed by atoms with Crippen LogP contribution < -0.4 is 0 Å². The highest BCUT2D eigenvalue weighted by atomic mass is 127. The van der Waals surface area contributed by atoms with Gasteiger partial charge < -0.3 is 19.3 Å². The smallest absolute Gasteiger partial charge is 0.0781 e. The van der Waals surface area contributed by atoms with E-state index in [0.717, 1.165) is 11.0 Å². The molecule has 98 valence electrons. The van der Waals surface area contributed by atoms with E-state index >= 15 is 0 Å². The maximum atomic E-state index is 9.04. The molecule has 0 bridgehead atoms. The van der Waals surface area contributed by atoms with E-state index in [4.69, 9.17) is 19.3 Å². The van der Waals surface area contributed by atoms with E-state index in [1.54, 1.807) is 6.92 Å². The summed E-state index contributed by atoms with van der Waals surface area (Å²) in [4.78, 5) is 0. The van der Waals surface area contributed by atoms with Crippen molar-refractivity contribution in [1.82, 2.24) is 0 Å². The summed E-state index contributed by atoms with van der Waals surface area (Å²) < 4.78 is 17.3. The predicted octanol–water partition coefficient (Wildman–Crippen LogP) is 1.63. The minimum absolute atomic E-state index is 0.00150. The van der Waals surface area contributed by atoms with Crippen molar-refractivity contribution < 1.29 is 19.3 Å². The Morgan fingerprint density at radius 1 is 1.00 bits per heavy atom. The summed E-state index contributed by atoms with van der Waals surface area (Å²) in [7, 11) is 0. The highest BCUT2D eigenvalue weighted by molar-refractivity contribution is 14.1. The highest BCUT2D eigenvalue weighted by Crippen LogP contribution is 1.99. The summed E-state index contributed by atoms with van der Waals surface area (Å²) in [5.74, 6) is 0. The van der Waals surface area contributed by atoms with Gasteiger partial charge in [-0.2, -0.15) is 0 Å². The van der Waals surface area contributed by atoms with Crippen LogP contribution in [-0.2, 0) is 14.2 Å². The second-order valence-electron chi connectivity index (χ2n) is 3.90. The van der Waals surface area contributed by atoms with Gasteiger partial charge in [0.1, 0.15) is 0 Å². The fraction of sp³-hybridized carbons (Fsp3) is 1.00. The molecule has 0 heterocycles. The van der Waals surface area contributed by atoms with Crippen molar-refractivity contribution >= 4 is 22.6 Å². The summed E-state index contributed by atoms with van der Waals surface area (Å²) in [5.41, 5.74) is 0. The van der Waals surface area contributed by atoms with Gasteiger partial charge in [0, 0.05) is 4.43 Å². The van der Waals surface area contributed by atoms with Gasteiger partial charge in [-0.1, -0.05) is 22.6 Å². The summed E-state index contributed by atoms with van der Waals surface area (Å²) >= 11 is 2.27. The Hall–Kier alpha value is 0.570. The van der Waals surface area contributed by atoms with E-state index < -0.39 is 6.10 Å². The van der Waals surface area contributed by atoms with E-state index in [1.807, 2.05) is 13.8 Å². The van der Waals surface area contributed by atoms with Crippen LogP contribution in [0.1, 0.15) is 20.8 Å². The van der Waals surface area contributed by atoms with Crippen LogP contribution in [0.5, 0.6) is 0 Å². The summed E-state index contributed by atoms with van der Waals surface area (Å²) in [5, 5.41) is 9.04. The van der Waals surface area contributed by atoms with Crippen LogP contribution in [0.25, 0.3) is 0 Å². The molecule has 3 atom stereocenters. The van der Waals surface area contributed by atoms with Crippen molar-refractivity contribution in [2.24, 2.45) is 0 Å². The van der Waals surface area contributed by atoms with Crippen molar-refractivity contribution in [2.75, 3.05) is 30.9 Å². The van der Waals surface area contributed by atoms with Crippen molar-refractivity contribution in [3.63, 3.8) is 0 Å². The average Bonchev–Trinajstić information content (AvgIpc) is 2.24. The molecule has 5 heteroatoms. The zero-order valence-corrected chi connectivity index (χ0v) is 12.5. The van der Waals surface area contributed by atoms with E-state index in [9.17, 15) is 0 Å². The standard InChI is InChI=1S/C11H23IO4/c1-9(13)6-15-11(3)8-16-10(2)7-14-5-4-12/h9-11,13H,4-8H2,1-3H3. The molecule has 0 aromatic rings. The largest absolute Gasteiger partial charge is 0.391 e. The fourth-order valence-corrected chi connectivity index (χ4v) is 1.31. The van der Waals surface area contributed by atoms with Crippen LogP contribution in [0.2, 0.25) is 0 Å². The Labute approximate surface area is 112 Å². The van der Waals surface area contributed by atoms with E-state index in [2.05, 4.69) is 22.6 Å². The molecule has 0 fully saturated rings. The molecule has 0 aliphatic carbocycles. The molecule has 16 heavy (non-hydrogen) atoms. The van der Waals surface area contributed by atoms with E-state index in [-0.39, 0.29) is 12.2 Å². The maximum absolute atomic E-state index is 9.04. The van der Waals surface area contributed by atoms with Gasteiger partial charge in [0.05, 0.1) is 44.7 Å². The zero-order chi connectivity index (χ0) is 12.4. The molecule has 0 saturated heterocycles. The third-order valence-electron chi connectivity index (χ3n) is 1.81. The minimum atomic E-state index is -0.424. The minimum Gasteiger partial charge on any atom is -0.391 e. The van der Waals surface area contributed by atoms with Gasteiger partial charge in [0.15, 0.2) is 0 Å². The van der Waals surface area contributed by atoms with E-state index in [1.165, 1.54) is 0 Å². The Kier molecular flexibility index (Phi) is 11.1. The molecule has 3 unspecified atom stereocenters. The van der Waals surface area contributed by atoms with Gasteiger partial charge in [0.25, 0.3) is 0 Å². The number of rotatable bonds is 10. The first-order chi connectivity index (χ1) is 7.56. The molecular formula is C11H23IO4. The maximum Gasteiger partial charge on any atom is 0.0781 e. The molecule has 0 aliphatic rings. The molecule has 0 aromatic carbocycles. The molecule has 0 rings (SSSR count). The van der Waals surface area contributed by atoms with Gasteiger partial charge in [0.2, 0.25) is 0 Å². The summed E-state index contributed by atoms with van der Waals surface area (Å²) in [6, 6.07) is 0. The van der Waals surface area contributed by atoms with Crippen LogP contribution in [0, 0.1) is 0 Å². The predicted molar refractivity (Wildman–Crippen MR) is 72.2 cm³/mol. The second kappa shape index (κ2) is 10.7. The molecule has 0 aliphatic heterocycles. The Bertz CT molecular complexity index is 155. The fourth-order valence-electron chi connectivity index (χ4n) is 1.00. The third-order valence-corrected chi connectivity index (χ3v) is 2.25. The van der Waals surface area contributed by atoms with Crippen LogP contribution in [0.4, 0.5) is 0 Å².